The quantitative estimate of drug-likeness (QED) is 0.409. The zero-order chi connectivity index (χ0) is 23.3. The molecule has 34 heavy (non-hydrogen) atoms. The summed E-state index contributed by atoms with van der Waals surface area (Å²) in [7, 11) is 0. The standard InChI is InChI=1S/C27H31N5O2/c1-20(2)34-25-9-5-23(6-10-25)29-27-28-19-22-12-14-32(26(22)30-27)24-7-3-21(4-8-24)11-13-31-15-17-33-18-16-31/h3-10,12,14,19-20H,11,13,15-18H2,1-2H3,(H,28,29,30). The minimum Gasteiger partial charge on any atom is -0.491 e. The molecule has 2 aromatic carbocycles. The molecule has 1 saturated heterocycles. The van der Waals surface area contributed by atoms with Gasteiger partial charge in [-0.2, -0.15) is 4.98 Å². The number of nitrogens with one attached hydrogen (secondary N) is 1. The summed E-state index contributed by atoms with van der Waals surface area (Å²) in [5, 5.41) is 4.30. The fourth-order valence-electron chi connectivity index (χ4n) is 4.14. The summed E-state index contributed by atoms with van der Waals surface area (Å²) in [5.74, 6) is 1.41. The summed E-state index contributed by atoms with van der Waals surface area (Å²) in [5.41, 5.74) is 4.22. The van der Waals surface area contributed by atoms with Gasteiger partial charge in [-0.15, -0.1) is 0 Å². The number of anilines is 2. The third-order valence-corrected chi connectivity index (χ3v) is 5.94. The Morgan fingerprint density at radius 1 is 1.00 bits per heavy atom. The number of hydrogen-bond acceptors (Lipinski definition) is 6. The lowest BCUT2D eigenvalue weighted by Gasteiger charge is -2.26. The number of ether oxygens (including phenoxy) is 2. The first-order valence-corrected chi connectivity index (χ1v) is 11.9. The van der Waals surface area contributed by atoms with Crippen molar-refractivity contribution < 1.29 is 9.47 Å². The Morgan fingerprint density at radius 3 is 2.50 bits per heavy atom. The Bertz CT molecular complexity index is 1210. The van der Waals surface area contributed by atoms with Gasteiger partial charge in [-0.25, -0.2) is 4.98 Å². The summed E-state index contributed by atoms with van der Waals surface area (Å²) in [6, 6.07) is 18.6. The fourth-order valence-corrected chi connectivity index (χ4v) is 4.14. The predicted octanol–water partition coefficient (Wildman–Crippen LogP) is 4.83. The fraction of sp³-hybridized carbons (Fsp3) is 0.333. The van der Waals surface area contributed by atoms with E-state index in [1.54, 1.807) is 0 Å². The van der Waals surface area contributed by atoms with Crippen LogP contribution in [0.5, 0.6) is 5.75 Å². The van der Waals surface area contributed by atoms with E-state index in [2.05, 4.69) is 44.0 Å². The van der Waals surface area contributed by atoms with Crippen LogP contribution in [0.4, 0.5) is 11.6 Å². The second-order valence-electron chi connectivity index (χ2n) is 8.84. The van der Waals surface area contributed by atoms with Gasteiger partial charge in [-0.05, 0) is 68.3 Å². The minimum absolute atomic E-state index is 0.149. The summed E-state index contributed by atoms with van der Waals surface area (Å²) < 4.78 is 13.3. The molecule has 0 unspecified atom stereocenters. The Morgan fingerprint density at radius 2 is 1.76 bits per heavy atom. The smallest absolute Gasteiger partial charge is 0.229 e. The van der Waals surface area contributed by atoms with Crippen molar-refractivity contribution in [2.24, 2.45) is 0 Å². The van der Waals surface area contributed by atoms with Gasteiger partial charge in [0.15, 0.2) is 0 Å². The maximum Gasteiger partial charge on any atom is 0.229 e. The highest BCUT2D eigenvalue weighted by atomic mass is 16.5. The predicted molar refractivity (Wildman–Crippen MR) is 135 cm³/mol. The molecule has 176 valence electrons. The summed E-state index contributed by atoms with van der Waals surface area (Å²) >= 11 is 0. The Balaban J connectivity index is 1.29. The molecule has 0 atom stereocenters. The lowest BCUT2D eigenvalue weighted by Crippen LogP contribution is -2.37. The molecule has 2 aromatic heterocycles. The van der Waals surface area contributed by atoms with E-state index in [4.69, 9.17) is 14.5 Å². The van der Waals surface area contributed by atoms with Gasteiger partial charge >= 0.3 is 0 Å². The van der Waals surface area contributed by atoms with Gasteiger partial charge in [-0.1, -0.05) is 12.1 Å². The van der Waals surface area contributed by atoms with E-state index in [0.29, 0.717) is 5.95 Å². The number of fused-ring (bicyclic) bond motifs is 1. The molecular formula is C27H31N5O2. The van der Waals surface area contributed by atoms with Crippen molar-refractivity contribution in [3.63, 3.8) is 0 Å². The Hall–Kier alpha value is -3.42. The number of benzene rings is 2. The second kappa shape index (κ2) is 10.2. The van der Waals surface area contributed by atoms with Crippen LogP contribution in [0.1, 0.15) is 19.4 Å². The number of nitrogens with zero attached hydrogens (tertiary/aromatic N) is 4. The summed E-state index contributed by atoms with van der Waals surface area (Å²) in [6.07, 6.45) is 5.10. The monoisotopic (exact) mass is 457 g/mol. The largest absolute Gasteiger partial charge is 0.491 e. The molecule has 0 radical (unpaired) electrons. The van der Waals surface area contributed by atoms with Gasteiger partial charge in [0.25, 0.3) is 0 Å². The van der Waals surface area contributed by atoms with E-state index in [1.807, 2.05) is 56.6 Å². The highest BCUT2D eigenvalue weighted by molar-refractivity contribution is 5.78. The SMILES string of the molecule is CC(C)Oc1ccc(Nc2ncc3ccn(-c4ccc(CCN5CCOCC5)cc4)c3n2)cc1. The average Bonchev–Trinajstić information content (AvgIpc) is 3.28. The molecular weight excluding hydrogens is 426 g/mol. The summed E-state index contributed by atoms with van der Waals surface area (Å²) in [4.78, 5) is 11.7. The van der Waals surface area contributed by atoms with Crippen LogP contribution in [-0.4, -0.2) is 58.4 Å². The average molecular weight is 458 g/mol. The molecule has 3 heterocycles. The molecule has 0 amide bonds. The van der Waals surface area contributed by atoms with E-state index in [-0.39, 0.29) is 6.10 Å². The van der Waals surface area contributed by atoms with E-state index >= 15 is 0 Å². The summed E-state index contributed by atoms with van der Waals surface area (Å²) in [6.45, 7) is 8.85. The van der Waals surface area contributed by atoms with Gasteiger partial charge in [0.1, 0.15) is 11.4 Å². The highest BCUT2D eigenvalue weighted by Crippen LogP contribution is 2.23. The van der Waals surface area contributed by atoms with Crippen molar-refractivity contribution in [1.29, 1.82) is 0 Å². The lowest BCUT2D eigenvalue weighted by atomic mass is 10.1. The molecule has 7 nitrogen and oxygen atoms in total. The molecule has 4 aromatic rings. The molecule has 1 fully saturated rings. The van der Waals surface area contributed by atoms with Crippen LogP contribution >= 0.6 is 0 Å². The topological polar surface area (TPSA) is 64.4 Å². The maximum atomic E-state index is 5.72. The van der Waals surface area contributed by atoms with E-state index in [0.717, 1.165) is 67.4 Å². The molecule has 1 aliphatic heterocycles. The van der Waals surface area contributed by atoms with Crippen LogP contribution in [0.25, 0.3) is 16.7 Å². The van der Waals surface area contributed by atoms with Crippen LogP contribution in [0.3, 0.4) is 0 Å². The molecule has 1 aliphatic rings. The minimum atomic E-state index is 0.149. The van der Waals surface area contributed by atoms with Crippen LogP contribution < -0.4 is 10.1 Å². The molecule has 1 N–H and O–H groups in total. The van der Waals surface area contributed by atoms with Crippen LogP contribution in [0.15, 0.2) is 67.0 Å². The van der Waals surface area contributed by atoms with Crippen molar-refractivity contribution in [2.45, 2.75) is 26.4 Å². The highest BCUT2D eigenvalue weighted by Gasteiger charge is 2.11. The number of aromatic nitrogens is 3. The first-order chi connectivity index (χ1) is 16.6. The normalized spacial score (nSPS) is 14.6. The molecule has 0 aliphatic carbocycles. The lowest BCUT2D eigenvalue weighted by molar-refractivity contribution is 0.0384. The van der Waals surface area contributed by atoms with E-state index in [1.165, 1.54) is 5.56 Å². The van der Waals surface area contributed by atoms with Crippen LogP contribution in [-0.2, 0) is 11.2 Å². The molecule has 0 bridgehead atoms. The number of rotatable bonds is 8. The number of morpholine rings is 1. The third kappa shape index (κ3) is 5.38. The molecule has 0 saturated carbocycles. The van der Waals surface area contributed by atoms with Crippen molar-refractivity contribution in [3.05, 3.63) is 72.6 Å². The zero-order valence-electron chi connectivity index (χ0n) is 19.8. The van der Waals surface area contributed by atoms with Crippen molar-refractivity contribution in [2.75, 3.05) is 38.2 Å². The van der Waals surface area contributed by atoms with Gasteiger partial charge in [0.05, 0.1) is 19.3 Å². The van der Waals surface area contributed by atoms with Gasteiger partial charge in [0.2, 0.25) is 5.95 Å². The second-order valence-corrected chi connectivity index (χ2v) is 8.84. The van der Waals surface area contributed by atoms with Crippen molar-refractivity contribution in [1.82, 2.24) is 19.4 Å². The van der Waals surface area contributed by atoms with Gasteiger partial charge in [0, 0.05) is 48.8 Å². The number of hydrogen-bond donors (Lipinski definition) is 1. The zero-order valence-corrected chi connectivity index (χ0v) is 19.8. The Kier molecular flexibility index (Phi) is 6.74. The first-order valence-electron chi connectivity index (χ1n) is 11.9. The Labute approximate surface area is 200 Å². The molecule has 0 spiro atoms. The molecule has 7 heteroatoms. The van der Waals surface area contributed by atoms with E-state index in [9.17, 15) is 0 Å². The van der Waals surface area contributed by atoms with Crippen molar-refractivity contribution >= 4 is 22.7 Å². The molecule has 5 rings (SSSR count). The van der Waals surface area contributed by atoms with Crippen molar-refractivity contribution in [3.8, 4) is 11.4 Å². The van der Waals surface area contributed by atoms with Crippen LogP contribution in [0.2, 0.25) is 0 Å². The maximum absolute atomic E-state index is 5.72. The van der Waals surface area contributed by atoms with Gasteiger partial charge in [-0.3, -0.25) is 4.90 Å². The first kappa shape index (κ1) is 22.4. The van der Waals surface area contributed by atoms with Crippen LogP contribution in [0, 0.1) is 0 Å². The van der Waals surface area contributed by atoms with E-state index < -0.39 is 0 Å². The van der Waals surface area contributed by atoms with Gasteiger partial charge < -0.3 is 19.4 Å². The third-order valence-electron chi connectivity index (χ3n) is 5.94.